The molecular weight excluding hydrogens is 466 g/mol. The number of fused-ring (bicyclic) bond motifs is 3. The summed E-state index contributed by atoms with van der Waals surface area (Å²) < 4.78 is 14.1. The van der Waals surface area contributed by atoms with E-state index in [4.69, 9.17) is 26.3 Å². The maximum atomic E-state index is 13.0. The third-order valence-electron chi connectivity index (χ3n) is 7.80. The Morgan fingerprint density at radius 2 is 1.94 bits per heavy atom. The van der Waals surface area contributed by atoms with Gasteiger partial charge in [-0.2, -0.15) is 5.26 Å². The van der Waals surface area contributed by atoms with E-state index in [-0.39, 0.29) is 29.8 Å². The summed E-state index contributed by atoms with van der Waals surface area (Å²) in [5.74, 6) is 0.849. The minimum atomic E-state index is -0.283. The summed E-state index contributed by atoms with van der Waals surface area (Å²) in [7, 11) is 0. The van der Waals surface area contributed by atoms with E-state index in [0.29, 0.717) is 22.2 Å². The highest BCUT2D eigenvalue weighted by atomic mass is 35.5. The summed E-state index contributed by atoms with van der Waals surface area (Å²) in [5, 5.41) is 10.2. The number of piperidine rings is 1. The van der Waals surface area contributed by atoms with E-state index in [1.807, 2.05) is 24.1 Å². The van der Waals surface area contributed by atoms with Gasteiger partial charge in [0.25, 0.3) is 0 Å². The third kappa shape index (κ3) is 3.88. The van der Waals surface area contributed by atoms with Crippen molar-refractivity contribution in [2.24, 2.45) is 0 Å². The van der Waals surface area contributed by atoms with Crippen LogP contribution in [-0.4, -0.2) is 43.2 Å². The lowest BCUT2D eigenvalue weighted by Crippen LogP contribution is -2.50. The zero-order chi connectivity index (χ0) is 24.2. The molecule has 2 unspecified atom stereocenters. The van der Waals surface area contributed by atoms with Crippen molar-refractivity contribution in [3.63, 3.8) is 0 Å². The predicted octanol–water partition coefficient (Wildman–Crippen LogP) is 6.00. The average Bonchev–Trinajstić information content (AvgIpc) is 3.38. The van der Waals surface area contributed by atoms with Crippen molar-refractivity contribution in [2.75, 3.05) is 0 Å². The summed E-state index contributed by atoms with van der Waals surface area (Å²) in [6.45, 7) is 2.04. The lowest BCUT2D eigenvalue weighted by atomic mass is 9.82. The number of aromatic nitrogens is 3. The van der Waals surface area contributed by atoms with E-state index in [0.717, 1.165) is 56.0 Å². The highest BCUT2D eigenvalue weighted by molar-refractivity contribution is 6.32. The Labute approximate surface area is 208 Å². The van der Waals surface area contributed by atoms with Crippen LogP contribution in [0.15, 0.2) is 36.8 Å². The van der Waals surface area contributed by atoms with Gasteiger partial charge >= 0.3 is 6.09 Å². The summed E-state index contributed by atoms with van der Waals surface area (Å²) in [4.78, 5) is 23.9. The van der Waals surface area contributed by atoms with E-state index >= 15 is 0 Å². The SMILES string of the molecule is CC1(OC(=O)N2C3CCC2CC(n2ccc4c(Oc5ccc(C#N)cc5Cl)ncnc42)C3)CCC1. The number of halogens is 1. The smallest absolute Gasteiger partial charge is 0.410 e. The molecule has 3 aromatic rings. The lowest BCUT2D eigenvalue weighted by molar-refractivity contribution is -0.0577. The molecular formula is C26H26ClN5O3. The van der Waals surface area contributed by atoms with E-state index in [1.54, 1.807) is 18.2 Å². The van der Waals surface area contributed by atoms with Gasteiger partial charge in [0.15, 0.2) is 0 Å². The van der Waals surface area contributed by atoms with Gasteiger partial charge in [-0.05, 0) is 76.1 Å². The first-order valence-electron chi connectivity index (χ1n) is 12.1. The minimum absolute atomic E-state index is 0.146. The zero-order valence-corrected chi connectivity index (χ0v) is 20.2. The standard InChI is InChI=1S/C26H26ClN5O3/c1-26(8-2-9-26)35-25(33)32-17-4-5-18(32)13-19(12-17)31-10-7-20-23(31)29-15-30-24(20)34-22-6-3-16(14-28)11-21(22)27/h3,6-7,10-11,15,17-19H,2,4-5,8-9,12-13H2,1H3. The highest BCUT2D eigenvalue weighted by Gasteiger charge is 2.47. The first-order valence-corrected chi connectivity index (χ1v) is 12.5. The summed E-state index contributed by atoms with van der Waals surface area (Å²) in [5.41, 5.74) is 0.977. The van der Waals surface area contributed by atoms with Gasteiger partial charge in [-0.1, -0.05) is 11.6 Å². The maximum Gasteiger partial charge on any atom is 0.410 e. The van der Waals surface area contributed by atoms with Crippen molar-refractivity contribution >= 4 is 28.7 Å². The summed E-state index contributed by atoms with van der Waals surface area (Å²) >= 11 is 6.30. The lowest BCUT2D eigenvalue weighted by Gasteiger charge is -2.43. The quantitative estimate of drug-likeness (QED) is 0.444. The Kier molecular flexibility index (Phi) is 5.33. The van der Waals surface area contributed by atoms with Crippen LogP contribution in [0, 0.1) is 11.3 Å². The molecule has 4 heterocycles. The van der Waals surface area contributed by atoms with Crippen LogP contribution >= 0.6 is 11.6 Å². The molecule has 3 aliphatic rings. The molecule has 2 saturated heterocycles. The number of amides is 1. The van der Waals surface area contributed by atoms with E-state index < -0.39 is 0 Å². The van der Waals surface area contributed by atoms with Crippen LogP contribution in [0.1, 0.15) is 63.5 Å². The topological polar surface area (TPSA) is 93.3 Å². The molecule has 2 bridgehead atoms. The first kappa shape index (κ1) is 22.2. The molecule has 0 spiro atoms. The van der Waals surface area contributed by atoms with Crippen LogP contribution in [0.2, 0.25) is 5.02 Å². The normalized spacial score (nSPS) is 24.6. The number of nitrogens with zero attached hydrogens (tertiary/aromatic N) is 5. The van der Waals surface area contributed by atoms with Gasteiger partial charge in [0.05, 0.1) is 22.0 Å². The van der Waals surface area contributed by atoms with Gasteiger partial charge in [-0.3, -0.25) is 0 Å². The molecule has 1 amide bonds. The molecule has 2 aliphatic heterocycles. The molecule has 1 saturated carbocycles. The number of carbonyl (C=O) groups excluding carboxylic acids is 1. The number of benzene rings is 1. The third-order valence-corrected chi connectivity index (χ3v) is 8.09. The van der Waals surface area contributed by atoms with Crippen molar-refractivity contribution in [1.29, 1.82) is 5.26 Å². The second kappa shape index (κ2) is 8.42. The molecule has 2 atom stereocenters. The Hall–Kier alpha value is -3.31. The van der Waals surface area contributed by atoms with Gasteiger partial charge in [0.1, 0.15) is 23.3 Å². The molecule has 3 fully saturated rings. The Bertz CT molecular complexity index is 1330. The summed E-state index contributed by atoms with van der Waals surface area (Å²) in [6.07, 6.45) is 10.2. The fraction of sp³-hybridized carbons (Fsp3) is 0.462. The molecule has 8 nitrogen and oxygen atoms in total. The van der Waals surface area contributed by atoms with E-state index in [1.165, 1.54) is 6.33 Å². The number of nitriles is 1. The molecule has 1 aliphatic carbocycles. The fourth-order valence-electron chi connectivity index (χ4n) is 5.79. The van der Waals surface area contributed by atoms with Crippen LogP contribution in [0.5, 0.6) is 11.6 Å². The number of ether oxygens (including phenoxy) is 2. The van der Waals surface area contributed by atoms with Crippen molar-refractivity contribution in [3.05, 3.63) is 47.4 Å². The van der Waals surface area contributed by atoms with Crippen LogP contribution < -0.4 is 4.74 Å². The molecule has 0 radical (unpaired) electrons. The second-order valence-electron chi connectivity index (χ2n) is 10.1. The molecule has 1 aromatic carbocycles. The number of rotatable bonds is 4. The highest BCUT2D eigenvalue weighted by Crippen LogP contribution is 2.44. The van der Waals surface area contributed by atoms with Crippen LogP contribution in [0.3, 0.4) is 0 Å². The Morgan fingerprint density at radius 3 is 2.60 bits per heavy atom. The van der Waals surface area contributed by atoms with E-state index in [2.05, 4.69) is 20.6 Å². The average molecular weight is 492 g/mol. The van der Waals surface area contributed by atoms with Crippen LogP contribution in [0.4, 0.5) is 4.79 Å². The number of hydrogen-bond donors (Lipinski definition) is 0. The number of carbonyl (C=O) groups is 1. The first-order chi connectivity index (χ1) is 16.9. The van der Waals surface area contributed by atoms with Crippen molar-refractivity contribution in [2.45, 2.75) is 75.6 Å². The maximum absolute atomic E-state index is 13.0. The minimum Gasteiger partial charge on any atom is -0.443 e. The van der Waals surface area contributed by atoms with Gasteiger partial charge < -0.3 is 18.9 Å². The van der Waals surface area contributed by atoms with Crippen molar-refractivity contribution in [1.82, 2.24) is 19.4 Å². The number of hydrogen-bond acceptors (Lipinski definition) is 6. The molecule has 180 valence electrons. The van der Waals surface area contributed by atoms with Crippen LogP contribution in [-0.2, 0) is 4.74 Å². The van der Waals surface area contributed by atoms with Crippen molar-refractivity contribution < 1.29 is 14.3 Å². The fourth-order valence-corrected chi connectivity index (χ4v) is 6.01. The molecule has 2 aromatic heterocycles. The molecule has 35 heavy (non-hydrogen) atoms. The zero-order valence-electron chi connectivity index (χ0n) is 19.5. The Balaban J connectivity index is 1.22. The van der Waals surface area contributed by atoms with Crippen LogP contribution in [0.25, 0.3) is 11.0 Å². The second-order valence-corrected chi connectivity index (χ2v) is 10.5. The van der Waals surface area contributed by atoms with Gasteiger partial charge in [0, 0.05) is 24.3 Å². The molecule has 6 rings (SSSR count). The largest absolute Gasteiger partial charge is 0.443 e. The van der Waals surface area contributed by atoms with Gasteiger partial charge in [0.2, 0.25) is 5.88 Å². The summed E-state index contributed by atoms with van der Waals surface area (Å²) in [6, 6.07) is 9.52. The van der Waals surface area contributed by atoms with E-state index in [9.17, 15) is 4.79 Å². The molecule has 0 N–H and O–H groups in total. The Morgan fingerprint density at radius 1 is 1.17 bits per heavy atom. The monoisotopic (exact) mass is 491 g/mol. The van der Waals surface area contributed by atoms with Gasteiger partial charge in [-0.25, -0.2) is 14.8 Å². The van der Waals surface area contributed by atoms with Gasteiger partial charge in [-0.15, -0.1) is 0 Å². The molecule has 9 heteroatoms. The predicted molar refractivity (Wildman–Crippen MR) is 129 cm³/mol. The van der Waals surface area contributed by atoms with Crippen molar-refractivity contribution in [3.8, 4) is 17.7 Å².